The lowest BCUT2D eigenvalue weighted by Crippen LogP contribution is -2.35. The highest BCUT2D eigenvalue weighted by atomic mass is 32.1. The number of rotatable bonds is 6. The third-order valence-electron chi connectivity index (χ3n) is 4.69. The van der Waals surface area contributed by atoms with E-state index in [2.05, 4.69) is 9.88 Å². The molecule has 140 valence electrons. The number of methoxy groups -OCH3 is 1. The van der Waals surface area contributed by atoms with Crippen molar-refractivity contribution in [1.82, 2.24) is 14.8 Å². The van der Waals surface area contributed by atoms with Gasteiger partial charge in [0.2, 0.25) is 5.91 Å². The van der Waals surface area contributed by atoms with Crippen LogP contribution < -0.4 is 10.5 Å². The number of ether oxygens (including phenoxy) is 1. The summed E-state index contributed by atoms with van der Waals surface area (Å²) in [6, 6.07) is 7.90. The maximum atomic E-state index is 12.6. The summed E-state index contributed by atoms with van der Waals surface area (Å²) in [5.74, 6) is 1.07. The fourth-order valence-corrected chi connectivity index (χ4v) is 4.03. The number of hydrogen-bond donors (Lipinski definition) is 1. The number of nitrogens with two attached hydrogens (primary N) is 1. The fraction of sp³-hybridized carbons (Fsp3) is 0.474. The standard InChI is InChI=1S/C19H26N4O2S/c1-25-17-6-3-2-5-15(17)7-8-18(24)23-10-4-9-22(11-12-23)14-16-13-21-19(20)26-16/h2-3,5-6,13H,4,7-12,14H2,1H3,(H2,20,21). The van der Waals surface area contributed by atoms with Crippen LogP contribution in [0.2, 0.25) is 0 Å². The second-order valence-corrected chi connectivity index (χ2v) is 7.63. The first-order valence-electron chi connectivity index (χ1n) is 8.98. The van der Waals surface area contributed by atoms with Crippen molar-refractivity contribution in [2.75, 3.05) is 39.0 Å². The van der Waals surface area contributed by atoms with Crippen molar-refractivity contribution < 1.29 is 9.53 Å². The van der Waals surface area contributed by atoms with Crippen LogP contribution in [-0.2, 0) is 17.8 Å². The molecule has 2 N–H and O–H groups in total. The molecule has 0 radical (unpaired) electrons. The van der Waals surface area contributed by atoms with Gasteiger partial charge in [-0.15, -0.1) is 11.3 Å². The molecule has 2 heterocycles. The predicted octanol–water partition coefficient (Wildman–Crippen LogP) is 2.40. The molecule has 6 nitrogen and oxygen atoms in total. The highest BCUT2D eigenvalue weighted by Crippen LogP contribution is 2.20. The predicted molar refractivity (Wildman–Crippen MR) is 104 cm³/mol. The highest BCUT2D eigenvalue weighted by Gasteiger charge is 2.20. The summed E-state index contributed by atoms with van der Waals surface area (Å²) in [5, 5.41) is 0.614. The molecular weight excluding hydrogens is 348 g/mol. The number of benzene rings is 1. The molecule has 0 bridgehead atoms. The Kier molecular flexibility index (Phi) is 6.46. The van der Waals surface area contributed by atoms with Crippen molar-refractivity contribution >= 4 is 22.4 Å². The van der Waals surface area contributed by atoms with Gasteiger partial charge in [-0.05, 0) is 24.5 Å². The largest absolute Gasteiger partial charge is 0.496 e. The van der Waals surface area contributed by atoms with Gasteiger partial charge in [-0.3, -0.25) is 9.69 Å². The molecule has 1 fully saturated rings. The minimum Gasteiger partial charge on any atom is -0.496 e. The quantitative estimate of drug-likeness (QED) is 0.841. The van der Waals surface area contributed by atoms with Crippen LogP contribution in [0.5, 0.6) is 5.75 Å². The molecule has 7 heteroatoms. The Morgan fingerprint density at radius 2 is 2.12 bits per heavy atom. The van der Waals surface area contributed by atoms with E-state index in [0.29, 0.717) is 18.0 Å². The van der Waals surface area contributed by atoms with Crippen LogP contribution in [0, 0.1) is 0 Å². The first-order chi connectivity index (χ1) is 12.7. The van der Waals surface area contributed by atoms with E-state index in [1.807, 2.05) is 35.4 Å². The van der Waals surface area contributed by atoms with Gasteiger partial charge in [-0.25, -0.2) is 4.98 Å². The number of aryl methyl sites for hydroxylation is 1. The minimum atomic E-state index is 0.222. The molecule has 2 aromatic rings. The van der Waals surface area contributed by atoms with Gasteiger partial charge >= 0.3 is 0 Å². The zero-order chi connectivity index (χ0) is 18.4. The van der Waals surface area contributed by atoms with E-state index < -0.39 is 0 Å². The summed E-state index contributed by atoms with van der Waals surface area (Å²) in [4.78, 5) is 22.3. The molecule has 1 aromatic carbocycles. The lowest BCUT2D eigenvalue weighted by atomic mass is 10.1. The van der Waals surface area contributed by atoms with Crippen LogP contribution >= 0.6 is 11.3 Å². The van der Waals surface area contributed by atoms with Gasteiger partial charge in [0.1, 0.15) is 5.75 Å². The van der Waals surface area contributed by atoms with Crippen molar-refractivity contribution in [1.29, 1.82) is 0 Å². The average Bonchev–Trinajstić information content (AvgIpc) is 2.92. The first-order valence-corrected chi connectivity index (χ1v) is 9.79. The summed E-state index contributed by atoms with van der Waals surface area (Å²) in [5.41, 5.74) is 6.79. The molecule has 1 aliphatic rings. The number of amides is 1. The number of carbonyl (C=O) groups excluding carboxylic acids is 1. The number of nitrogens with zero attached hydrogens (tertiary/aromatic N) is 3. The van der Waals surface area contributed by atoms with Gasteiger partial charge in [-0.2, -0.15) is 0 Å². The Morgan fingerprint density at radius 1 is 1.27 bits per heavy atom. The Labute approximate surface area is 158 Å². The molecule has 0 spiro atoms. The van der Waals surface area contributed by atoms with E-state index in [-0.39, 0.29) is 5.91 Å². The number of hydrogen-bond acceptors (Lipinski definition) is 6. The van der Waals surface area contributed by atoms with Crippen LogP contribution in [-0.4, -0.2) is 54.0 Å². The molecule has 1 aromatic heterocycles. The summed E-state index contributed by atoms with van der Waals surface area (Å²) in [6.07, 6.45) is 4.07. The van der Waals surface area contributed by atoms with Gasteiger partial charge in [0.15, 0.2) is 5.13 Å². The molecule has 1 aliphatic heterocycles. The summed E-state index contributed by atoms with van der Waals surface area (Å²) in [6.45, 7) is 4.34. The maximum Gasteiger partial charge on any atom is 0.222 e. The van der Waals surface area contributed by atoms with Gasteiger partial charge < -0.3 is 15.4 Å². The Balaban J connectivity index is 1.49. The number of para-hydroxylation sites is 1. The lowest BCUT2D eigenvalue weighted by molar-refractivity contribution is -0.131. The fourth-order valence-electron chi connectivity index (χ4n) is 3.30. The second-order valence-electron chi connectivity index (χ2n) is 6.49. The molecular formula is C19H26N4O2S. The average molecular weight is 375 g/mol. The van der Waals surface area contributed by atoms with Gasteiger partial charge in [0.05, 0.1) is 7.11 Å². The van der Waals surface area contributed by atoms with Gasteiger partial charge in [0.25, 0.3) is 0 Å². The molecule has 3 rings (SSSR count). The minimum absolute atomic E-state index is 0.222. The summed E-state index contributed by atoms with van der Waals surface area (Å²) in [7, 11) is 1.67. The van der Waals surface area contributed by atoms with Crippen LogP contribution in [0.15, 0.2) is 30.5 Å². The SMILES string of the molecule is COc1ccccc1CCC(=O)N1CCCN(Cc2cnc(N)s2)CC1. The normalized spacial score (nSPS) is 15.7. The number of anilines is 1. The molecule has 0 unspecified atom stereocenters. The lowest BCUT2D eigenvalue weighted by Gasteiger charge is -2.22. The van der Waals surface area contributed by atoms with E-state index >= 15 is 0 Å². The molecule has 1 saturated heterocycles. The van der Waals surface area contributed by atoms with E-state index in [4.69, 9.17) is 10.5 Å². The Bertz CT molecular complexity index is 734. The van der Waals surface area contributed by atoms with Crippen molar-refractivity contribution in [3.8, 4) is 5.75 Å². The smallest absolute Gasteiger partial charge is 0.222 e. The number of thiazole rings is 1. The van der Waals surface area contributed by atoms with E-state index in [0.717, 1.165) is 50.5 Å². The number of aromatic nitrogens is 1. The van der Waals surface area contributed by atoms with E-state index in [1.54, 1.807) is 7.11 Å². The summed E-state index contributed by atoms with van der Waals surface area (Å²) >= 11 is 1.54. The number of carbonyl (C=O) groups is 1. The Morgan fingerprint density at radius 3 is 2.88 bits per heavy atom. The third-order valence-corrected chi connectivity index (χ3v) is 5.50. The topological polar surface area (TPSA) is 71.7 Å². The molecule has 0 aliphatic carbocycles. The maximum absolute atomic E-state index is 12.6. The molecule has 26 heavy (non-hydrogen) atoms. The molecule has 1 amide bonds. The first kappa shape index (κ1) is 18.7. The molecule has 0 saturated carbocycles. The van der Waals surface area contributed by atoms with Crippen molar-refractivity contribution in [3.63, 3.8) is 0 Å². The Hall–Kier alpha value is -2.12. The zero-order valence-corrected chi connectivity index (χ0v) is 16.0. The van der Waals surface area contributed by atoms with Crippen molar-refractivity contribution in [3.05, 3.63) is 40.9 Å². The molecule has 0 atom stereocenters. The van der Waals surface area contributed by atoms with Crippen molar-refractivity contribution in [2.45, 2.75) is 25.8 Å². The van der Waals surface area contributed by atoms with Crippen LogP contribution in [0.4, 0.5) is 5.13 Å². The van der Waals surface area contributed by atoms with E-state index in [1.165, 1.54) is 16.2 Å². The third kappa shape index (κ3) is 4.95. The van der Waals surface area contributed by atoms with Gasteiger partial charge in [0, 0.05) is 50.2 Å². The number of nitrogen functional groups attached to an aromatic ring is 1. The monoisotopic (exact) mass is 374 g/mol. The van der Waals surface area contributed by atoms with E-state index in [9.17, 15) is 4.79 Å². The van der Waals surface area contributed by atoms with Crippen LogP contribution in [0.1, 0.15) is 23.3 Å². The van der Waals surface area contributed by atoms with Gasteiger partial charge in [-0.1, -0.05) is 18.2 Å². The van der Waals surface area contributed by atoms with Crippen LogP contribution in [0.3, 0.4) is 0 Å². The summed E-state index contributed by atoms with van der Waals surface area (Å²) < 4.78 is 5.37. The van der Waals surface area contributed by atoms with Crippen LogP contribution in [0.25, 0.3) is 0 Å². The second kappa shape index (κ2) is 9.00. The zero-order valence-electron chi connectivity index (χ0n) is 15.2. The highest BCUT2D eigenvalue weighted by molar-refractivity contribution is 7.15. The van der Waals surface area contributed by atoms with Crippen molar-refractivity contribution in [2.24, 2.45) is 0 Å².